The molecule has 16 heavy (non-hydrogen) atoms. The number of nitro groups is 1. The van der Waals surface area contributed by atoms with Crippen LogP contribution in [0.5, 0.6) is 0 Å². The van der Waals surface area contributed by atoms with Crippen LogP contribution < -0.4 is 0 Å². The minimum absolute atomic E-state index is 0.00685. The first-order chi connectivity index (χ1) is 7.61. The molecule has 0 aromatic heterocycles. The van der Waals surface area contributed by atoms with E-state index >= 15 is 0 Å². The van der Waals surface area contributed by atoms with Crippen molar-refractivity contribution in [2.75, 3.05) is 0 Å². The molecule has 1 N–H and O–H groups in total. The summed E-state index contributed by atoms with van der Waals surface area (Å²) in [5, 5.41) is 19.7. The lowest BCUT2D eigenvalue weighted by molar-refractivity contribution is -0.385. The number of aliphatic carboxylic acids is 1. The van der Waals surface area contributed by atoms with E-state index in [1.54, 1.807) is 6.07 Å². The van der Waals surface area contributed by atoms with Gasteiger partial charge in [-0.2, -0.15) is 0 Å². The summed E-state index contributed by atoms with van der Waals surface area (Å²) in [4.78, 5) is 21.3. The van der Waals surface area contributed by atoms with Crippen LogP contribution in [0.3, 0.4) is 0 Å². The highest BCUT2D eigenvalue weighted by molar-refractivity contribution is 5.78. The topological polar surface area (TPSA) is 80.4 Å². The summed E-state index contributed by atoms with van der Waals surface area (Å²) in [7, 11) is 0. The monoisotopic (exact) mass is 219 g/mol. The van der Waals surface area contributed by atoms with Crippen LogP contribution in [-0.2, 0) is 11.2 Å². The van der Waals surface area contributed by atoms with Crippen LogP contribution in [0, 0.1) is 22.0 Å². The highest BCUT2D eigenvalue weighted by Crippen LogP contribution is 2.62. The number of hydrogen-bond donors (Lipinski definition) is 1. The van der Waals surface area contributed by atoms with Gasteiger partial charge < -0.3 is 5.11 Å². The standard InChI is InChI=1S/C11H9NO4/c13-11(14)10-7-4-6-5(9(7)10)2-1-3-8(6)12(15)16/h1-3,7,9-10H,4H2,(H,13,14)/t7-,9-,10-/m1/s1. The molecule has 1 fully saturated rings. The van der Waals surface area contributed by atoms with E-state index in [9.17, 15) is 14.9 Å². The number of fused-ring (bicyclic) bond motifs is 3. The van der Waals surface area contributed by atoms with Crippen LogP contribution in [0.4, 0.5) is 5.69 Å². The normalized spacial score (nSPS) is 29.4. The Morgan fingerprint density at radius 3 is 2.88 bits per heavy atom. The Morgan fingerprint density at radius 1 is 1.50 bits per heavy atom. The van der Waals surface area contributed by atoms with Crippen LogP contribution in [0.1, 0.15) is 17.0 Å². The molecule has 0 radical (unpaired) electrons. The van der Waals surface area contributed by atoms with Crippen molar-refractivity contribution in [1.29, 1.82) is 0 Å². The first-order valence-corrected chi connectivity index (χ1v) is 5.10. The van der Waals surface area contributed by atoms with Gasteiger partial charge in [0, 0.05) is 17.5 Å². The minimum Gasteiger partial charge on any atom is -0.481 e. The van der Waals surface area contributed by atoms with Gasteiger partial charge in [-0.25, -0.2) is 0 Å². The summed E-state index contributed by atoms with van der Waals surface area (Å²) >= 11 is 0. The van der Waals surface area contributed by atoms with Crippen molar-refractivity contribution >= 4 is 11.7 Å². The summed E-state index contributed by atoms with van der Waals surface area (Å²) in [5.41, 5.74) is 1.74. The number of carboxylic acids is 1. The molecule has 3 rings (SSSR count). The maximum absolute atomic E-state index is 10.9. The second-order valence-electron chi connectivity index (χ2n) is 4.36. The van der Waals surface area contributed by atoms with E-state index in [4.69, 9.17) is 5.11 Å². The molecule has 1 saturated carbocycles. The summed E-state index contributed by atoms with van der Waals surface area (Å²) in [6.07, 6.45) is 0.536. The Morgan fingerprint density at radius 2 is 2.25 bits per heavy atom. The Kier molecular flexibility index (Phi) is 1.64. The van der Waals surface area contributed by atoms with Gasteiger partial charge in [-0.1, -0.05) is 12.1 Å². The zero-order chi connectivity index (χ0) is 11.4. The smallest absolute Gasteiger partial charge is 0.307 e. The van der Waals surface area contributed by atoms with Crippen molar-refractivity contribution in [3.8, 4) is 0 Å². The molecule has 0 aliphatic heterocycles. The van der Waals surface area contributed by atoms with Crippen molar-refractivity contribution < 1.29 is 14.8 Å². The molecule has 1 aromatic carbocycles. The molecule has 0 bridgehead atoms. The maximum Gasteiger partial charge on any atom is 0.307 e. The number of nitro benzene ring substituents is 1. The first kappa shape index (κ1) is 9.33. The zero-order valence-corrected chi connectivity index (χ0v) is 8.29. The molecule has 0 saturated heterocycles. The fraction of sp³-hybridized carbons (Fsp3) is 0.364. The van der Waals surface area contributed by atoms with Crippen molar-refractivity contribution in [2.45, 2.75) is 12.3 Å². The van der Waals surface area contributed by atoms with Crippen molar-refractivity contribution in [3.05, 3.63) is 39.4 Å². The molecular formula is C11H9NO4. The van der Waals surface area contributed by atoms with Crippen LogP contribution in [0.2, 0.25) is 0 Å². The van der Waals surface area contributed by atoms with Crippen LogP contribution in [-0.4, -0.2) is 16.0 Å². The van der Waals surface area contributed by atoms with Crippen molar-refractivity contribution in [2.24, 2.45) is 11.8 Å². The lowest BCUT2D eigenvalue weighted by Crippen LogP contribution is -2.06. The molecule has 2 aliphatic rings. The Labute approximate surface area is 90.9 Å². The summed E-state index contributed by atoms with van der Waals surface area (Å²) in [6.45, 7) is 0. The van der Waals surface area contributed by atoms with Crippen LogP contribution in [0.25, 0.3) is 0 Å². The molecular weight excluding hydrogens is 210 g/mol. The molecule has 0 amide bonds. The lowest BCUT2D eigenvalue weighted by Gasteiger charge is -2.05. The number of hydrogen-bond acceptors (Lipinski definition) is 3. The van der Waals surface area contributed by atoms with E-state index in [0.29, 0.717) is 6.42 Å². The number of rotatable bonds is 2. The van der Waals surface area contributed by atoms with Gasteiger partial charge in [0.15, 0.2) is 0 Å². The Bertz CT molecular complexity index is 511. The third kappa shape index (κ3) is 1.02. The highest BCUT2D eigenvalue weighted by atomic mass is 16.6. The van der Waals surface area contributed by atoms with E-state index in [1.807, 2.05) is 6.07 Å². The van der Waals surface area contributed by atoms with E-state index in [2.05, 4.69) is 0 Å². The average Bonchev–Trinajstić information content (AvgIpc) is 2.82. The third-order valence-corrected chi connectivity index (χ3v) is 3.64. The Hall–Kier alpha value is -1.91. The van der Waals surface area contributed by atoms with Gasteiger partial charge >= 0.3 is 5.97 Å². The summed E-state index contributed by atoms with van der Waals surface area (Å²) in [6, 6.07) is 4.94. The SMILES string of the molecule is O=C(O)[C@@H]1[C@@H]2Cc3c(cccc3[N+](=O)[O-])[C@H]21. The van der Waals surface area contributed by atoms with Crippen molar-refractivity contribution in [1.82, 2.24) is 0 Å². The molecule has 2 aliphatic carbocycles. The van der Waals surface area contributed by atoms with Gasteiger partial charge in [0.05, 0.1) is 10.8 Å². The number of carbonyl (C=O) groups is 1. The molecule has 82 valence electrons. The quantitative estimate of drug-likeness (QED) is 0.604. The molecule has 5 heteroatoms. The van der Waals surface area contributed by atoms with E-state index in [1.165, 1.54) is 6.07 Å². The second kappa shape index (κ2) is 2.81. The number of carboxylic acid groups (broad SMARTS) is 1. The molecule has 1 aromatic rings. The largest absolute Gasteiger partial charge is 0.481 e. The van der Waals surface area contributed by atoms with Crippen molar-refractivity contribution in [3.63, 3.8) is 0 Å². The fourth-order valence-corrected chi connectivity index (χ4v) is 2.92. The molecule has 0 spiro atoms. The van der Waals surface area contributed by atoms with Gasteiger partial charge in [0.2, 0.25) is 0 Å². The van der Waals surface area contributed by atoms with Crippen LogP contribution in [0.15, 0.2) is 18.2 Å². The third-order valence-electron chi connectivity index (χ3n) is 3.64. The van der Waals surface area contributed by atoms with E-state index in [0.717, 1.165) is 11.1 Å². The fourth-order valence-electron chi connectivity index (χ4n) is 2.92. The van der Waals surface area contributed by atoms with Gasteiger partial charge in [0.1, 0.15) is 0 Å². The highest BCUT2D eigenvalue weighted by Gasteiger charge is 2.60. The maximum atomic E-state index is 10.9. The predicted octanol–water partition coefficient (Wildman–Crippen LogP) is 1.57. The minimum atomic E-state index is -0.785. The van der Waals surface area contributed by atoms with Gasteiger partial charge in [-0.3, -0.25) is 14.9 Å². The van der Waals surface area contributed by atoms with Gasteiger partial charge in [-0.15, -0.1) is 0 Å². The Balaban J connectivity index is 2.03. The number of benzene rings is 1. The molecule has 5 nitrogen and oxygen atoms in total. The molecule has 0 unspecified atom stereocenters. The zero-order valence-electron chi connectivity index (χ0n) is 8.29. The molecule has 3 atom stereocenters. The molecule has 0 heterocycles. The van der Waals surface area contributed by atoms with Crippen LogP contribution >= 0.6 is 0 Å². The predicted molar refractivity (Wildman–Crippen MR) is 54.2 cm³/mol. The van der Waals surface area contributed by atoms with Gasteiger partial charge in [0.25, 0.3) is 5.69 Å². The number of nitrogens with zero attached hydrogens (tertiary/aromatic N) is 1. The summed E-state index contributed by atoms with van der Waals surface area (Å²) in [5.74, 6) is -1.03. The van der Waals surface area contributed by atoms with E-state index < -0.39 is 5.97 Å². The first-order valence-electron chi connectivity index (χ1n) is 5.10. The van der Waals surface area contributed by atoms with E-state index in [-0.39, 0.29) is 28.4 Å². The average molecular weight is 219 g/mol. The summed E-state index contributed by atoms with van der Waals surface area (Å²) < 4.78 is 0. The lowest BCUT2D eigenvalue weighted by atomic mass is 10.0. The second-order valence-corrected chi connectivity index (χ2v) is 4.36. The van der Waals surface area contributed by atoms with Gasteiger partial charge in [-0.05, 0) is 17.9 Å².